The van der Waals surface area contributed by atoms with Gasteiger partial charge in [-0.05, 0) is 51.3 Å². The molecule has 0 saturated carbocycles. The monoisotopic (exact) mass is 288 g/mol. The summed E-state index contributed by atoms with van der Waals surface area (Å²) >= 11 is 0. The molecule has 21 heavy (non-hydrogen) atoms. The van der Waals surface area contributed by atoms with Crippen molar-refractivity contribution >= 4 is 0 Å². The minimum atomic E-state index is 0.346. The van der Waals surface area contributed by atoms with Gasteiger partial charge >= 0.3 is 0 Å². The molecule has 3 rings (SSSR count). The van der Waals surface area contributed by atoms with E-state index in [1.165, 1.54) is 38.6 Å². The van der Waals surface area contributed by atoms with Crippen LogP contribution in [0.15, 0.2) is 24.3 Å². The lowest BCUT2D eigenvalue weighted by atomic mass is 9.90. The van der Waals surface area contributed by atoms with E-state index < -0.39 is 0 Å². The minimum Gasteiger partial charge on any atom is -0.508 e. The van der Waals surface area contributed by atoms with E-state index in [0.717, 1.165) is 18.5 Å². The van der Waals surface area contributed by atoms with Gasteiger partial charge in [0.05, 0.1) is 0 Å². The molecule has 2 aliphatic heterocycles. The van der Waals surface area contributed by atoms with Crippen molar-refractivity contribution < 1.29 is 5.11 Å². The zero-order chi connectivity index (χ0) is 14.7. The number of rotatable bonds is 4. The fraction of sp³-hybridized carbons (Fsp3) is 0.667. The zero-order valence-corrected chi connectivity index (χ0v) is 13.1. The number of piperidine rings is 1. The van der Waals surface area contributed by atoms with Crippen molar-refractivity contribution in [2.45, 2.75) is 63.6 Å². The average molecular weight is 288 g/mol. The molecule has 1 aromatic rings. The summed E-state index contributed by atoms with van der Waals surface area (Å²) in [6.07, 6.45) is 7.59. The molecule has 0 radical (unpaired) electrons. The van der Waals surface area contributed by atoms with Gasteiger partial charge in [0.25, 0.3) is 0 Å². The molecule has 3 unspecified atom stereocenters. The van der Waals surface area contributed by atoms with Gasteiger partial charge in [-0.1, -0.05) is 31.5 Å². The van der Waals surface area contributed by atoms with E-state index in [-0.39, 0.29) is 0 Å². The van der Waals surface area contributed by atoms with Gasteiger partial charge in [-0.2, -0.15) is 0 Å². The van der Waals surface area contributed by atoms with E-state index in [1.54, 1.807) is 0 Å². The van der Waals surface area contributed by atoms with Gasteiger partial charge in [0.1, 0.15) is 5.75 Å². The topological polar surface area (TPSA) is 35.5 Å². The number of phenols is 1. The second-order valence-corrected chi connectivity index (χ2v) is 6.49. The molecule has 3 nitrogen and oxygen atoms in total. The Morgan fingerprint density at radius 1 is 1.24 bits per heavy atom. The number of phenolic OH excluding ortho intramolecular Hbond substituents is 1. The second kappa shape index (κ2) is 6.80. The molecule has 2 fully saturated rings. The molecule has 2 saturated heterocycles. The Morgan fingerprint density at radius 2 is 2.10 bits per heavy atom. The Bertz CT molecular complexity index is 456. The van der Waals surface area contributed by atoms with Crippen LogP contribution in [0.2, 0.25) is 0 Å². The molecule has 3 heteroatoms. The van der Waals surface area contributed by atoms with Crippen molar-refractivity contribution in [1.82, 2.24) is 10.2 Å². The Hall–Kier alpha value is -1.06. The molecule has 116 valence electrons. The van der Waals surface area contributed by atoms with Crippen LogP contribution in [0, 0.1) is 0 Å². The first kappa shape index (κ1) is 14.9. The van der Waals surface area contributed by atoms with Crippen LogP contribution in [0.1, 0.15) is 57.1 Å². The van der Waals surface area contributed by atoms with Crippen LogP contribution in [-0.2, 0) is 0 Å². The SMILES string of the molecule is CCC(c1ccccc1O)N1CCCCC1C1CCCN1. The number of nitrogens with one attached hydrogen (secondary N) is 1. The maximum absolute atomic E-state index is 10.3. The minimum absolute atomic E-state index is 0.346. The van der Waals surface area contributed by atoms with E-state index in [1.807, 2.05) is 18.2 Å². The first-order chi connectivity index (χ1) is 10.3. The number of para-hydroxylation sites is 1. The Balaban J connectivity index is 1.84. The molecular weight excluding hydrogens is 260 g/mol. The highest BCUT2D eigenvalue weighted by Gasteiger charge is 2.35. The molecule has 2 heterocycles. The summed E-state index contributed by atoms with van der Waals surface area (Å²) < 4.78 is 0. The average Bonchev–Trinajstić information content (AvgIpc) is 3.05. The molecule has 0 aromatic heterocycles. The van der Waals surface area contributed by atoms with E-state index in [9.17, 15) is 5.11 Å². The number of likely N-dealkylation sites (tertiary alicyclic amines) is 1. The van der Waals surface area contributed by atoms with Gasteiger partial charge in [0.15, 0.2) is 0 Å². The van der Waals surface area contributed by atoms with Crippen molar-refractivity contribution in [3.8, 4) is 5.75 Å². The Kier molecular flexibility index (Phi) is 4.81. The first-order valence-electron chi connectivity index (χ1n) is 8.58. The molecule has 0 aliphatic carbocycles. The van der Waals surface area contributed by atoms with Gasteiger partial charge in [-0.3, -0.25) is 4.90 Å². The maximum Gasteiger partial charge on any atom is 0.120 e. The van der Waals surface area contributed by atoms with Crippen molar-refractivity contribution in [3.05, 3.63) is 29.8 Å². The highest BCUT2D eigenvalue weighted by atomic mass is 16.3. The summed E-state index contributed by atoms with van der Waals surface area (Å²) in [7, 11) is 0. The van der Waals surface area contributed by atoms with Gasteiger partial charge in [-0.15, -0.1) is 0 Å². The molecule has 3 atom stereocenters. The van der Waals surface area contributed by atoms with Crippen LogP contribution in [0.4, 0.5) is 0 Å². The molecule has 0 spiro atoms. The van der Waals surface area contributed by atoms with Gasteiger partial charge in [0, 0.05) is 23.7 Å². The van der Waals surface area contributed by atoms with Crippen LogP contribution in [0.5, 0.6) is 5.75 Å². The van der Waals surface area contributed by atoms with Crippen molar-refractivity contribution in [1.29, 1.82) is 0 Å². The van der Waals surface area contributed by atoms with Crippen LogP contribution < -0.4 is 5.32 Å². The standard InChI is InChI=1S/C18H28N2O/c1-2-16(14-8-3-4-11-18(14)21)20-13-6-5-10-17(20)15-9-7-12-19-15/h3-4,8,11,15-17,19,21H,2,5-7,9-10,12-13H2,1H3. The Morgan fingerprint density at radius 3 is 2.81 bits per heavy atom. The lowest BCUT2D eigenvalue weighted by Gasteiger charge is -2.44. The van der Waals surface area contributed by atoms with Gasteiger partial charge < -0.3 is 10.4 Å². The van der Waals surface area contributed by atoms with E-state index in [0.29, 0.717) is 23.9 Å². The summed E-state index contributed by atoms with van der Waals surface area (Å²) in [4.78, 5) is 2.67. The van der Waals surface area contributed by atoms with Crippen molar-refractivity contribution in [2.24, 2.45) is 0 Å². The molecule has 0 bridgehead atoms. The van der Waals surface area contributed by atoms with Crippen LogP contribution in [0.25, 0.3) is 0 Å². The predicted octanol–water partition coefficient (Wildman–Crippen LogP) is 3.45. The molecule has 2 N–H and O–H groups in total. The summed E-state index contributed by atoms with van der Waals surface area (Å²) in [5.41, 5.74) is 1.10. The smallest absolute Gasteiger partial charge is 0.120 e. The first-order valence-corrected chi connectivity index (χ1v) is 8.58. The molecule has 0 amide bonds. The van der Waals surface area contributed by atoms with Crippen LogP contribution >= 0.6 is 0 Å². The normalized spacial score (nSPS) is 28.6. The highest BCUT2D eigenvalue weighted by Crippen LogP contribution is 2.37. The van der Waals surface area contributed by atoms with Crippen LogP contribution in [-0.4, -0.2) is 35.2 Å². The van der Waals surface area contributed by atoms with Crippen LogP contribution in [0.3, 0.4) is 0 Å². The molecule has 2 aliphatic rings. The third kappa shape index (κ3) is 3.09. The summed E-state index contributed by atoms with van der Waals surface area (Å²) in [5, 5.41) is 13.9. The maximum atomic E-state index is 10.3. The van der Waals surface area contributed by atoms with Crippen molar-refractivity contribution in [2.75, 3.05) is 13.1 Å². The number of hydrogen-bond donors (Lipinski definition) is 2. The second-order valence-electron chi connectivity index (χ2n) is 6.49. The zero-order valence-electron chi connectivity index (χ0n) is 13.1. The van der Waals surface area contributed by atoms with E-state index in [4.69, 9.17) is 0 Å². The van der Waals surface area contributed by atoms with E-state index in [2.05, 4.69) is 23.2 Å². The van der Waals surface area contributed by atoms with E-state index >= 15 is 0 Å². The third-order valence-electron chi connectivity index (χ3n) is 5.24. The van der Waals surface area contributed by atoms with Crippen molar-refractivity contribution in [3.63, 3.8) is 0 Å². The summed E-state index contributed by atoms with van der Waals surface area (Å²) in [6, 6.07) is 9.50. The summed E-state index contributed by atoms with van der Waals surface area (Å²) in [6.45, 7) is 4.57. The lowest BCUT2D eigenvalue weighted by molar-refractivity contribution is 0.0691. The lowest BCUT2D eigenvalue weighted by Crippen LogP contribution is -2.51. The predicted molar refractivity (Wildman–Crippen MR) is 86.5 cm³/mol. The molecular formula is C18H28N2O. The van der Waals surface area contributed by atoms with Gasteiger partial charge in [-0.25, -0.2) is 0 Å². The number of benzene rings is 1. The quantitative estimate of drug-likeness (QED) is 0.891. The molecule has 1 aromatic carbocycles. The largest absolute Gasteiger partial charge is 0.508 e. The number of nitrogens with zero attached hydrogens (tertiary/aromatic N) is 1. The summed E-state index contributed by atoms with van der Waals surface area (Å²) in [5.74, 6) is 0.452. The fourth-order valence-corrected chi connectivity index (χ4v) is 4.24. The highest BCUT2D eigenvalue weighted by molar-refractivity contribution is 5.34. The number of aromatic hydroxyl groups is 1. The Labute approximate surface area is 128 Å². The third-order valence-corrected chi connectivity index (χ3v) is 5.24. The fourth-order valence-electron chi connectivity index (χ4n) is 4.24. The number of hydrogen-bond acceptors (Lipinski definition) is 3. The van der Waals surface area contributed by atoms with Gasteiger partial charge in [0.2, 0.25) is 0 Å².